The van der Waals surface area contributed by atoms with E-state index in [0.717, 1.165) is 30.9 Å². The molecule has 1 aliphatic rings. The Bertz CT molecular complexity index is 512. The number of aliphatic imine (C=N–C) groups is 1. The van der Waals surface area contributed by atoms with Crippen molar-refractivity contribution in [2.24, 2.45) is 10.9 Å². The second-order valence-corrected chi connectivity index (χ2v) is 6.36. The molecule has 2 rings (SSSR count). The Kier molecular flexibility index (Phi) is 7.09. The maximum Gasteiger partial charge on any atom is 0.191 e. The Labute approximate surface area is 150 Å². The summed E-state index contributed by atoms with van der Waals surface area (Å²) in [5, 5.41) is 6.73. The Morgan fingerprint density at radius 3 is 2.41 bits per heavy atom. The first kappa shape index (κ1) is 19.2. The standard InChI is InChI=1S/C17H26FN3.HI/c1-12(2)13(3)21-16(19-4)20-11-17(9-10-17)14-7-5-6-8-15(14)18;/h5-8,12-13H,9-11H2,1-4H3,(H2,19,20,21);1H. The maximum atomic E-state index is 14.0. The summed E-state index contributed by atoms with van der Waals surface area (Å²) in [4.78, 5) is 4.26. The molecular formula is C17H27FIN3. The molecule has 0 spiro atoms. The fourth-order valence-corrected chi connectivity index (χ4v) is 2.41. The van der Waals surface area contributed by atoms with E-state index in [0.29, 0.717) is 12.0 Å². The molecule has 3 nitrogen and oxygen atoms in total. The van der Waals surface area contributed by atoms with Crippen molar-refractivity contribution in [3.05, 3.63) is 35.6 Å². The molecule has 1 aliphatic carbocycles. The van der Waals surface area contributed by atoms with Crippen LogP contribution in [-0.4, -0.2) is 25.6 Å². The monoisotopic (exact) mass is 419 g/mol. The first-order chi connectivity index (χ1) is 9.98. The van der Waals surface area contributed by atoms with Crippen LogP contribution in [0, 0.1) is 11.7 Å². The van der Waals surface area contributed by atoms with Gasteiger partial charge in [-0.2, -0.15) is 0 Å². The first-order valence-corrected chi connectivity index (χ1v) is 7.71. The fourth-order valence-electron chi connectivity index (χ4n) is 2.41. The van der Waals surface area contributed by atoms with Crippen molar-refractivity contribution in [2.75, 3.05) is 13.6 Å². The van der Waals surface area contributed by atoms with E-state index in [9.17, 15) is 4.39 Å². The van der Waals surface area contributed by atoms with E-state index in [2.05, 4.69) is 36.4 Å². The summed E-state index contributed by atoms with van der Waals surface area (Å²) < 4.78 is 14.0. The minimum Gasteiger partial charge on any atom is -0.356 e. The van der Waals surface area contributed by atoms with Gasteiger partial charge in [0, 0.05) is 25.0 Å². The highest BCUT2D eigenvalue weighted by molar-refractivity contribution is 14.0. The van der Waals surface area contributed by atoms with E-state index in [4.69, 9.17) is 0 Å². The highest BCUT2D eigenvalue weighted by atomic mass is 127. The lowest BCUT2D eigenvalue weighted by Gasteiger charge is -2.23. The average Bonchev–Trinajstić information content (AvgIpc) is 3.24. The summed E-state index contributed by atoms with van der Waals surface area (Å²) in [6, 6.07) is 7.44. The highest BCUT2D eigenvalue weighted by Crippen LogP contribution is 2.48. The fraction of sp³-hybridized carbons (Fsp3) is 0.588. The molecule has 124 valence electrons. The molecule has 0 heterocycles. The number of hydrogen-bond acceptors (Lipinski definition) is 1. The summed E-state index contributed by atoms with van der Waals surface area (Å²) in [6.07, 6.45) is 2.05. The van der Waals surface area contributed by atoms with Crippen LogP contribution in [0.4, 0.5) is 4.39 Å². The number of rotatable bonds is 5. The number of hydrogen-bond donors (Lipinski definition) is 2. The van der Waals surface area contributed by atoms with Crippen LogP contribution < -0.4 is 10.6 Å². The lowest BCUT2D eigenvalue weighted by Crippen LogP contribution is -2.46. The third-order valence-electron chi connectivity index (χ3n) is 4.48. The van der Waals surface area contributed by atoms with Gasteiger partial charge in [0.05, 0.1) is 0 Å². The van der Waals surface area contributed by atoms with Gasteiger partial charge < -0.3 is 10.6 Å². The van der Waals surface area contributed by atoms with E-state index in [1.54, 1.807) is 19.2 Å². The molecule has 2 N–H and O–H groups in total. The van der Waals surface area contributed by atoms with Gasteiger partial charge in [0.25, 0.3) is 0 Å². The summed E-state index contributed by atoms with van der Waals surface area (Å²) in [5.74, 6) is 1.22. The van der Waals surface area contributed by atoms with Crippen LogP contribution in [-0.2, 0) is 5.41 Å². The summed E-state index contributed by atoms with van der Waals surface area (Å²) in [6.45, 7) is 7.21. The van der Waals surface area contributed by atoms with Crippen LogP contribution in [0.5, 0.6) is 0 Å². The zero-order valence-electron chi connectivity index (χ0n) is 13.8. The second kappa shape index (κ2) is 8.13. The minimum atomic E-state index is -0.102. The van der Waals surface area contributed by atoms with Crippen molar-refractivity contribution < 1.29 is 4.39 Å². The van der Waals surface area contributed by atoms with Crippen molar-refractivity contribution in [1.29, 1.82) is 0 Å². The molecule has 1 saturated carbocycles. The third-order valence-corrected chi connectivity index (χ3v) is 4.48. The van der Waals surface area contributed by atoms with E-state index in [1.165, 1.54) is 0 Å². The molecule has 1 aromatic carbocycles. The van der Waals surface area contributed by atoms with E-state index in [1.807, 2.05) is 12.1 Å². The minimum absolute atomic E-state index is 0. The number of halogens is 2. The molecule has 0 aliphatic heterocycles. The van der Waals surface area contributed by atoms with Crippen LogP contribution in [0.1, 0.15) is 39.2 Å². The van der Waals surface area contributed by atoms with Crippen molar-refractivity contribution in [3.8, 4) is 0 Å². The molecule has 5 heteroatoms. The topological polar surface area (TPSA) is 36.4 Å². The van der Waals surface area contributed by atoms with Gasteiger partial charge in [0.15, 0.2) is 5.96 Å². The largest absolute Gasteiger partial charge is 0.356 e. The van der Waals surface area contributed by atoms with Crippen molar-refractivity contribution in [1.82, 2.24) is 10.6 Å². The maximum absolute atomic E-state index is 14.0. The SMILES string of the molecule is CN=C(NCC1(c2ccccc2F)CC1)NC(C)C(C)C.I. The smallest absolute Gasteiger partial charge is 0.191 e. The predicted molar refractivity (Wildman–Crippen MR) is 102 cm³/mol. The van der Waals surface area contributed by atoms with Crippen LogP contribution in [0.25, 0.3) is 0 Å². The van der Waals surface area contributed by atoms with Crippen LogP contribution in [0.3, 0.4) is 0 Å². The highest BCUT2D eigenvalue weighted by Gasteiger charge is 2.45. The number of guanidine groups is 1. The first-order valence-electron chi connectivity index (χ1n) is 7.71. The quantitative estimate of drug-likeness (QED) is 0.434. The van der Waals surface area contributed by atoms with Gasteiger partial charge in [0.1, 0.15) is 5.82 Å². The molecule has 1 atom stereocenters. The van der Waals surface area contributed by atoms with Crippen LogP contribution in [0.2, 0.25) is 0 Å². The normalized spacial score (nSPS) is 17.6. The van der Waals surface area contributed by atoms with Crippen molar-refractivity contribution in [2.45, 2.75) is 45.1 Å². The van der Waals surface area contributed by atoms with Gasteiger partial charge in [0.2, 0.25) is 0 Å². The van der Waals surface area contributed by atoms with Crippen molar-refractivity contribution >= 4 is 29.9 Å². The Hall–Kier alpha value is -0.850. The lowest BCUT2D eigenvalue weighted by atomic mass is 9.95. The Morgan fingerprint density at radius 2 is 1.91 bits per heavy atom. The van der Waals surface area contributed by atoms with Gasteiger partial charge in [-0.15, -0.1) is 24.0 Å². The van der Waals surface area contributed by atoms with E-state index >= 15 is 0 Å². The Morgan fingerprint density at radius 1 is 1.27 bits per heavy atom. The molecule has 1 unspecified atom stereocenters. The molecule has 0 amide bonds. The molecule has 0 bridgehead atoms. The third kappa shape index (κ3) is 4.57. The molecule has 22 heavy (non-hydrogen) atoms. The molecule has 0 radical (unpaired) electrons. The molecule has 0 saturated heterocycles. The zero-order valence-corrected chi connectivity index (χ0v) is 16.1. The number of nitrogens with one attached hydrogen (secondary N) is 2. The van der Waals surface area contributed by atoms with Gasteiger partial charge in [-0.05, 0) is 37.3 Å². The van der Waals surface area contributed by atoms with Gasteiger partial charge >= 0.3 is 0 Å². The average molecular weight is 419 g/mol. The number of nitrogens with zero attached hydrogens (tertiary/aromatic N) is 1. The van der Waals surface area contributed by atoms with E-state index in [-0.39, 0.29) is 35.2 Å². The molecule has 0 aromatic heterocycles. The molecular weight excluding hydrogens is 392 g/mol. The van der Waals surface area contributed by atoms with Crippen LogP contribution in [0.15, 0.2) is 29.3 Å². The van der Waals surface area contributed by atoms with Crippen molar-refractivity contribution in [3.63, 3.8) is 0 Å². The molecule has 1 aromatic rings. The van der Waals surface area contributed by atoms with Crippen LogP contribution >= 0.6 is 24.0 Å². The Balaban J connectivity index is 0.00000242. The summed E-state index contributed by atoms with van der Waals surface area (Å²) in [7, 11) is 1.77. The second-order valence-electron chi connectivity index (χ2n) is 6.36. The zero-order chi connectivity index (χ0) is 15.5. The van der Waals surface area contributed by atoms with Gasteiger partial charge in [-0.1, -0.05) is 32.0 Å². The number of benzene rings is 1. The summed E-state index contributed by atoms with van der Waals surface area (Å²) in [5.41, 5.74) is 0.759. The van der Waals surface area contributed by atoms with E-state index < -0.39 is 0 Å². The summed E-state index contributed by atoms with van der Waals surface area (Å²) >= 11 is 0. The van der Waals surface area contributed by atoms with Gasteiger partial charge in [-0.25, -0.2) is 4.39 Å². The predicted octanol–water partition coefficient (Wildman–Crippen LogP) is 3.68. The molecule has 1 fully saturated rings. The lowest BCUT2D eigenvalue weighted by molar-refractivity contribution is 0.478. The van der Waals surface area contributed by atoms with Gasteiger partial charge in [-0.3, -0.25) is 4.99 Å².